The van der Waals surface area contributed by atoms with Crippen LogP contribution in [0.5, 0.6) is 5.75 Å². The van der Waals surface area contributed by atoms with Crippen molar-refractivity contribution >= 4 is 0 Å². The lowest BCUT2D eigenvalue weighted by molar-refractivity contribution is 0.115. The maximum Gasteiger partial charge on any atom is 0.125 e. The van der Waals surface area contributed by atoms with E-state index in [2.05, 4.69) is 6.92 Å². The first-order valence-corrected chi connectivity index (χ1v) is 7.24. The zero-order valence-electron chi connectivity index (χ0n) is 11.7. The van der Waals surface area contributed by atoms with Crippen LogP contribution in [0.2, 0.25) is 0 Å². The first kappa shape index (κ1) is 14.3. The van der Waals surface area contributed by atoms with Gasteiger partial charge in [-0.1, -0.05) is 19.8 Å². The van der Waals surface area contributed by atoms with Crippen LogP contribution < -0.4 is 4.74 Å². The van der Waals surface area contributed by atoms with E-state index in [1.807, 2.05) is 0 Å². The molecule has 0 aromatic heterocycles. The second-order valence-electron chi connectivity index (χ2n) is 5.54. The summed E-state index contributed by atoms with van der Waals surface area (Å²) in [6, 6.07) is 4.38. The molecule has 3 atom stereocenters. The average molecular weight is 266 g/mol. The summed E-state index contributed by atoms with van der Waals surface area (Å²) in [5.74, 6) is 1.02. The predicted molar refractivity (Wildman–Crippen MR) is 73.7 cm³/mol. The van der Waals surface area contributed by atoms with Crippen LogP contribution in [0.1, 0.15) is 57.6 Å². The summed E-state index contributed by atoms with van der Waals surface area (Å²) in [5.41, 5.74) is 0.540. The van der Waals surface area contributed by atoms with Crippen molar-refractivity contribution < 1.29 is 14.2 Å². The lowest BCUT2D eigenvalue weighted by Crippen LogP contribution is -2.25. The van der Waals surface area contributed by atoms with Crippen molar-refractivity contribution in [2.24, 2.45) is 5.92 Å². The van der Waals surface area contributed by atoms with Crippen LogP contribution in [0.4, 0.5) is 4.39 Å². The van der Waals surface area contributed by atoms with Gasteiger partial charge in [-0.15, -0.1) is 0 Å². The summed E-state index contributed by atoms with van der Waals surface area (Å²) >= 11 is 0. The van der Waals surface area contributed by atoms with E-state index in [9.17, 15) is 9.50 Å². The second kappa shape index (κ2) is 6.38. The van der Waals surface area contributed by atoms with Crippen molar-refractivity contribution in [3.05, 3.63) is 29.6 Å². The SMILES string of the molecule is CCC1CCCC(Oc2ccc(F)cc2[C@H](C)O)C1. The lowest BCUT2D eigenvalue weighted by Gasteiger charge is -2.29. The molecule has 2 nitrogen and oxygen atoms in total. The van der Waals surface area contributed by atoms with E-state index in [1.165, 1.54) is 31.4 Å². The number of hydrogen-bond acceptors (Lipinski definition) is 2. The van der Waals surface area contributed by atoms with Gasteiger partial charge in [0.15, 0.2) is 0 Å². The molecule has 1 saturated carbocycles. The Kier molecular flexibility index (Phi) is 4.81. The molecule has 19 heavy (non-hydrogen) atoms. The highest BCUT2D eigenvalue weighted by Crippen LogP contribution is 2.32. The zero-order chi connectivity index (χ0) is 13.8. The van der Waals surface area contributed by atoms with Crippen molar-refractivity contribution in [2.45, 2.75) is 58.2 Å². The van der Waals surface area contributed by atoms with Gasteiger partial charge in [-0.3, -0.25) is 0 Å². The second-order valence-corrected chi connectivity index (χ2v) is 5.54. The molecule has 0 saturated heterocycles. The van der Waals surface area contributed by atoms with Gasteiger partial charge in [-0.2, -0.15) is 0 Å². The van der Waals surface area contributed by atoms with Crippen LogP contribution in [0, 0.1) is 11.7 Å². The molecule has 0 spiro atoms. The highest BCUT2D eigenvalue weighted by atomic mass is 19.1. The predicted octanol–water partition coefficient (Wildman–Crippen LogP) is 4.23. The standard InChI is InChI=1S/C16H23FO2/c1-3-12-5-4-6-14(9-12)19-16-8-7-13(17)10-15(16)11(2)18/h7-8,10-12,14,18H,3-6,9H2,1-2H3/t11-,12?,14?/m0/s1. The minimum atomic E-state index is -0.712. The van der Waals surface area contributed by atoms with Crippen LogP contribution in [-0.4, -0.2) is 11.2 Å². The Bertz CT molecular complexity index is 417. The number of hydrogen-bond donors (Lipinski definition) is 1. The van der Waals surface area contributed by atoms with Crippen molar-refractivity contribution in [1.29, 1.82) is 0 Å². The van der Waals surface area contributed by atoms with E-state index >= 15 is 0 Å². The minimum Gasteiger partial charge on any atom is -0.490 e. The monoisotopic (exact) mass is 266 g/mol. The fourth-order valence-electron chi connectivity index (χ4n) is 2.85. The van der Waals surface area contributed by atoms with E-state index in [-0.39, 0.29) is 11.9 Å². The molecular formula is C16H23FO2. The normalized spacial score (nSPS) is 25.1. The Hall–Kier alpha value is -1.09. The minimum absolute atomic E-state index is 0.196. The van der Waals surface area contributed by atoms with Crippen molar-refractivity contribution in [2.75, 3.05) is 0 Å². The molecule has 1 aromatic carbocycles. The zero-order valence-corrected chi connectivity index (χ0v) is 11.7. The fraction of sp³-hybridized carbons (Fsp3) is 0.625. The summed E-state index contributed by atoms with van der Waals surface area (Å²) in [7, 11) is 0. The molecule has 0 amide bonds. The maximum absolute atomic E-state index is 13.2. The Morgan fingerprint density at radius 3 is 2.89 bits per heavy atom. The number of ether oxygens (including phenoxy) is 1. The summed E-state index contributed by atoms with van der Waals surface area (Å²) in [5, 5.41) is 9.71. The smallest absolute Gasteiger partial charge is 0.125 e. The van der Waals surface area contributed by atoms with Gasteiger partial charge in [0, 0.05) is 5.56 Å². The summed E-state index contributed by atoms with van der Waals surface area (Å²) in [6.07, 6.45) is 5.25. The van der Waals surface area contributed by atoms with Gasteiger partial charge < -0.3 is 9.84 Å². The van der Waals surface area contributed by atoms with Crippen LogP contribution in [0.3, 0.4) is 0 Å². The Balaban J connectivity index is 2.10. The molecule has 0 radical (unpaired) electrons. The number of benzene rings is 1. The molecular weight excluding hydrogens is 243 g/mol. The number of aliphatic hydroxyl groups excluding tert-OH is 1. The molecule has 2 rings (SSSR count). The molecule has 0 heterocycles. The maximum atomic E-state index is 13.2. The molecule has 1 fully saturated rings. The molecule has 1 aliphatic carbocycles. The molecule has 0 bridgehead atoms. The summed E-state index contributed by atoms with van der Waals surface area (Å²) < 4.78 is 19.2. The fourth-order valence-corrected chi connectivity index (χ4v) is 2.85. The summed E-state index contributed by atoms with van der Waals surface area (Å²) in [6.45, 7) is 3.85. The lowest BCUT2D eigenvalue weighted by atomic mass is 9.85. The third kappa shape index (κ3) is 3.69. The molecule has 1 aromatic rings. The molecule has 106 valence electrons. The number of aliphatic hydroxyl groups is 1. The van der Waals surface area contributed by atoms with Crippen LogP contribution in [-0.2, 0) is 0 Å². The number of rotatable bonds is 4. The number of halogens is 1. The van der Waals surface area contributed by atoms with Gasteiger partial charge in [0.2, 0.25) is 0 Å². The van der Waals surface area contributed by atoms with Crippen molar-refractivity contribution in [3.63, 3.8) is 0 Å². The Labute approximate surface area is 114 Å². The molecule has 1 aliphatic rings. The first-order chi connectivity index (χ1) is 9.10. The summed E-state index contributed by atoms with van der Waals surface area (Å²) in [4.78, 5) is 0. The topological polar surface area (TPSA) is 29.5 Å². The molecule has 3 heteroatoms. The van der Waals surface area contributed by atoms with E-state index in [0.29, 0.717) is 11.3 Å². The van der Waals surface area contributed by atoms with Gasteiger partial charge >= 0.3 is 0 Å². The quantitative estimate of drug-likeness (QED) is 0.883. The van der Waals surface area contributed by atoms with Crippen molar-refractivity contribution in [3.8, 4) is 5.75 Å². The largest absolute Gasteiger partial charge is 0.490 e. The van der Waals surface area contributed by atoms with Gasteiger partial charge in [-0.05, 0) is 50.3 Å². The van der Waals surface area contributed by atoms with E-state index in [0.717, 1.165) is 18.8 Å². The van der Waals surface area contributed by atoms with Crippen LogP contribution in [0.15, 0.2) is 18.2 Å². The van der Waals surface area contributed by atoms with E-state index in [4.69, 9.17) is 4.74 Å². The first-order valence-electron chi connectivity index (χ1n) is 7.24. The van der Waals surface area contributed by atoms with Gasteiger partial charge in [0.25, 0.3) is 0 Å². The van der Waals surface area contributed by atoms with Crippen LogP contribution in [0.25, 0.3) is 0 Å². The van der Waals surface area contributed by atoms with E-state index in [1.54, 1.807) is 13.0 Å². The average Bonchev–Trinajstić information content (AvgIpc) is 2.41. The highest BCUT2D eigenvalue weighted by molar-refractivity contribution is 5.35. The van der Waals surface area contributed by atoms with Gasteiger partial charge in [0.05, 0.1) is 12.2 Å². The molecule has 2 unspecified atom stereocenters. The molecule has 1 N–H and O–H groups in total. The van der Waals surface area contributed by atoms with Gasteiger partial charge in [-0.25, -0.2) is 4.39 Å². The van der Waals surface area contributed by atoms with Crippen molar-refractivity contribution in [1.82, 2.24) is 0 Å². The third-order valence-electron chi connectivity index (χ3n) is 4.03. The van der Waals surface area contributed by atoms with Crippen LogP contribution >= 0.6 is 0 Å². The molecule has 0 aliphatic heterocycles. The Morgan fingerprint density at radius 2 is 2.21 bits per heavy atom. The Morgan fingerprint density at radius 1 is 1.42 bits per heavy atom. The van der Waals surface area contributed by atoms with Gasteiger partial charge in [0.1, 0.15) is 11.6 Å². The van der Waals surface area contributed by atoms with E-state index < -0.39 is 6.10 Å². The third-order valence-corrected chi connectivity index (χ3v) is 4.03. The highest BCUT2D eigenvalue weighted by Gasteiger charge is 2.23.